The highest BCUT2D eigenvalue weighted by atomic mass is 32.1. The first-order chi connectivity index (χ1) is 11.0. The van der Waals surface area contributed by atoms with Gasteiger partial charge in [-0.1, -0.05) is 44.2 Å². The molecule has 0 saturated carbocycles. The quantitative estimate of drug-likeness (QED) is 0.860. The Hall–Kier alpha value is -1.66. The fraction of sp³-hybridized carbons (Fsp3) is 0.529. The number of nitrogens with zero attached hydrogens (tertiary/aromatic N) is 4. The van der Waals surface area contributed by atoms with Gasteiger partial charge in [0.1, 0.15) is 6.10 Å². The van der Waals surface area contributed by atoms with Crippen LogP contribution in [0.15, 0.2) is 30.3 Å². The summed E-state index contributed by atoms with van der Waals surface area (Å²) < 4.78 is 10.8. The number of hydrogen-bond donors (Lipinski definition) is 0. The van der Waals surface area contributed by atoms with E-state index in [0.717, 1.165) is 24.2 Å². The van der Waals surface area contributed by atoms with Gasteiger partial charge in [0.05, 0.1) is 12.6 Å². The van der Waals surface area contributed by atoms with Gasteiger partial charge >= 0.3 is 0 Å². The summed E-state index contributed by atoms with van der Waals surface area (Å²) >= 11 is 1.46. The van der Waals surface area contributed by atoms with Crippen LogP contribution in [0, 0.1) is 5.92 Å². The van der Waals surface area contributed by atoms with Crippen LogP contribution in [0.2, 0.25) is 0 Å². The van der Waals surface area contributed by atoms with E-state index in [1.165, 1.54) is 17.1 Å². The van der Waals surface area contributed by atoms with Crippen molar-refractivity contribution < 1.29 is 4.74 Å². The van der Waals surface area contributed by atoms with Gasteiger partial charge in [-0.25, -0.2) is 0 Å². The van der Waals surface area contributed by atoms with Crippen LogP contribution in [0.4, 0.5) is 11.1 Å². The highest BCUT2D eigenvalue weighted by Gasteiger charge is 2.32. The molecule has 1 aliphatic heterocycles. The van der Waals surface area contributed by atoms with Gasteiger partial charge in [-0.05, 0) is 11.5 Å². The lowest BCUT2D eigenvalue weighted by Gasteiger charge is -2.39. The van der Waals surface area contributed by atoms with Crippen LogP contribution in [0.1, 0.15) is 25.5 Å². The first-order valence-corrected chi connectivity index (χ1v) is 8.78. The second kappa shape index (κ2) is 6.84. The van der Waals surface area contributed by atoms with E-state index in [-0.39, 0.29) is 12.2 Å². The molecule has 0 aliphatic carbocycles. The van der Waals surface area contributed by atoms with Crippen LogP contribution in [0.25, 0.3) is 0 Å². The van der Waals surface area contributed by atoms with Gasteiger partial charge in [-0.3, -0.25) is 0 Å². The van der Waals surface area contributed by atoms with Crippen LogP contribution in [-0.4, -0.2) is 42.6 Å². The lowest BCUT2D eigenvalue weighted by atomic mass is 10.0. The van der Waals surface area contributed by atoms with Crippen LogP contribution in [0.5, 0.6) is 0 Å². The Morgan fingerprint density at radius 3 is 2.57 bits per heavy atom. The van der Waals surface area contributed by atoms with E-state index in [1.54, 1.807) is 0 Å². The summed E-state index contributed by atoms with van der Waals surface area (Å²) in [6, 6.07) is 10.4. The van der Waals surface area contributed by atoms with E-state index in [2.05, 4.69) is 52.4 Å². The molecule has 0 spiro atoms. The summed E-state index contributed by atoms with van der Waals surface area (Å²) in [5.74, 6) is 1.24. The van der Waals surface area contributed by atoms with Crippen molar-refractivity contribution in [1.29, 1.82) is 0 Å². The van der Waals surface area contributed by atoms with Crippen LogP contribution < -0.4 is 9.80 Å². The van der Waals surface area contributed by atoms with E-state index in [4.69, 9.17) is 4.74 Å². The Balaban J connectivity index is 1.84. The number of benzene rings is 1. The molecule has 0 N–H and O–H groups in total. The molecule has 0 unspecified atom stereocenters. The Morgan fingerprint density at radius 1 is 1.22 bits per heavy atom. The third kappa shape index (κ3) is 3.64. The molecule has 1 aromatic carbocycles. The fourth-order valence-corrected chi connectivity index (χ4v) is 3.44. The Bertz CT molecular complexity index is 629. The maximum Gasteiger partial charge on any atom is 0.238 e. The lowest BCUT2D eigenvalue weighted by molar-refractivity contribution is -0.0498. The molecule has 1 saturated heterocycles. The minimum atomic E-state index is 0.0732. The molecular formula is C17H24N4OS. The molecular weight excluding hydrogens is 308 g/mol. The largest absolute Gasteiger partial charge is 0.366 e. The van der Waals surface area contributed by atoms with Crippen molar-refractivity contribution >= 4 is 22.6 Å². The van der Waals surface area contributed by atoms with Crippen molar-refractivity contribution in [2.75, 3.05) is 37.0 Å². The fourth-order valence-electron chi connectivity index (χ4n) is 2.68. The van der Waals surface area contributed by atoms with Gasteiger partial charge in [0.15, 0.2) is 0 Å². The number of rotatable bonds is 4. The minimum absolute atomic E-state index is 0.0732. The highest BCUT2D eigenvalue weighted by molar-refractivity contribution is 7.09. The monoisotopic (exact) mass is 332 g/mol. The molecule has 5 nitrogen and oxygen atoms in total. The smallest absolute Gasteiger partial charge is 0.238 e. The summed E-state index contributed by atoms with van der Waals surface area (Å²) in [6.07, 6.45) is 0.268. The normalized spacial score (nSPS) is 21.7. The van der Waals surface area contributed by atoms with Gasteiger partial charge in [0.25, 0.3) is 0 Å². The molecule has 0 amide bonds. The summed E-state index contributed by atoms with van der Waals surface area (Å²) in [6.45, 7) is 6.10. The highest BCUT2D eigenvalue weighted by Crippen LogP contribution is 2.32. The summed E-state index contributed by atoms with van der Waals surface area (Å²) in [5, 5.41) is 0.976. The van der Waals surface area contributed by atoms with Gasteiger partial charge in [-0.2, -0.15) is 9.36 Å². The summed E-state index contributed by atoms with van der Waals surface area (Å²) in [5.41, 5.74) is 1.22. The van der Waals surface area contributed by atoms with E-state index >= 15 is 0 Å². The predicted octanol–water partition coefficient (Wildman–Crippen LogP) is 3.21. The maximum atomic E-state index is 6.34. The zero-order chi connectivity index (χ0) is 16.4. The lowest BCUT2D eigenvalue weighted by Crippen LogP contribution is -2.46. The van der Waals surface area contributed by atoms with Gasteiger partial charge in [0.2, 0.25) is 11.1 Å². The Morgan fingerprint density at radius 2 is 1.96 bits per heavy atom. The van der Waals surface area contributed by atoms with Crippen molar-refractivity contribution in [2.45, 2.75) is 26.1 Å². The molecule has 2 heterocycles. The SMILES string of the molecule is CC(C)[C@H]1CN(c2nc(N(C)C)ns2)C[C@@H](c2ccccc2)O1. The van der Waals surface area contributed by atoms with Crippen molar-refractivity contribution in [1.82, 2.24) is 9.36 Å². The van der Waals surface area contributed by atoms with Crippen molar-refractivity contribution in [3.63, 3.8) is 0 Å². The van der Waals surface area contributed by atoms with Crippen molar-refractivity contribution in [2.24, 2.45) is 5.92 Å². The average Bonchev–Trinajstić information content (AvgIpc) is 3.05. The van der Waals surface area contributed by atoms with E-state index < -0.39 is 0 Å². The van der Waals surface area contributed by atoms with Crippen molar-refractivity contribution in [3.05, 3.63) is 35.9 Å². The third-order valence-corrected chi connectivity index (χ3v) is 4.88. The van der Waals surface area contributed by atoms with Crippen molar-refractivity contribution in [3.8, 4) is 0 Å². The summed E-state index contributed by atoms with van der Waals surface area (Å²) in [4.78, 5) is 8.91. The van der Waals surface area contributed by atoms with E-state index in [9.17, 15) is 0 Å². The first kappa shape index (κ1) is 16.2. The van der Waals surface area contributed by atoms with E-state index in [0.29, 0.717) is 5.92 Å². The van der Waals surface area contributed by atoms with Crippen LogP contribution >= 0.6 is 11.5 Å². The topological polar surface area (TPSA) is 41.5 Å². The molecule has 3 rings (SSSR count). The molecule has 0 radical (unpaired) electrons. The second-order valence-electron chi connectivity index (χ2n) is 6.49. The number of morpholine rings is 1. The van der Waals surface area contributed by atoms with E-state index in [1.807, 2.05) is 25.1 Å². The Labute approximate surface area is 142 Å². The molecule has 1 aromatic heterocycles. The van der Waals surface area contributed by atoms with Crippen LogP contribution in [0.3, 0.4) is 0 Å². The summed E-state index contributed by atoms with van der Waals surface area (Å²) in [7, 11) is 3.93. The molecule has 2 atom stereocenters. The standard InChI is InChI=1S/C17H24N4OS/c1-12(2)14-10-21(17-18-16(19-23-17)20(3)4)11-15(22-14)13-8-6-5-7-9-13/h5-9,12,14-15H,10-11H2,1-4H3/t14-,15+/m1/s1. The zero-order valence-corrected chi connectivity index (χ0v) is 15.0. The van der Waals surface area contributed by atoms with Gasteiger partial charge < -0.3 is 14.5 Å². The molecule has 124 valence electrons. The Kier molecular flexibility index (Phi) is 4.82. The molecule has 0 bridgehead atoms. The second-order valence-corrected chi connectivity index (χ2v) is 7.22. The minimum Gasteiger partial charge on any atom is -0.366 e. The number of anilines is 2. The first-order valence-electron chi connectivity index (χ1n) is 8.01. The zero-order valence-electron chi connectivity index (χ0n) is 14.1. The molecule has 2 aromatic rings. The van der Waals surface area contributed by atoms with Gasteiger partial charge in [0, 0.05) is 32.2 Å². The van der Waals surface area contributed by atoms with Gasteiger partial charge in [-0.15, -0.1) is 0 Å². The maximum absolute atomic E-state index is 6.34. The molecule has 1 fully saturated rings. The number of aromatic nitrogens is 2. The number of ether oxygens (including phenoxy) is 1. The molecule has 23 heavy (non-hydrogen) atoms. The molecule has 1 aliphatic rings. The third-order valence-electron chi connectivity index (χ3n) is 4.12. The van der Waals surface area contributed by atoms with Crippen LogP contribution in [-0.2, 0) is 4.74 Å². The molecule has 6 heteroatoms. The number of hydrogen-bond acceptors (Lipinski definition) is 6. The predicted molar refractivity (Wildman–Crippen MR) is 95.3 cm³/mol. The average molecular weight is 332 g/mol.